The van der Waals surface area contributed by atoms with Crippen LogP contribution in [0.15, 0.2) is 23.4 Å². The van der Waals surface area contributed by atoms with Crippen molar-refractivity contribution in [2.45, 2.75) is 0 Å². The zero-order valence-electron chi connectivity index (χ0n) is 10.3. The average Bonchev–Trinajstić information content (AvgIpc) is 2.94. The van der Waals surface area contributed by atoms with Crippen molar-refractivity contribution >= 4 is 67.9 Å². The van der Waals surface area contributed by atoms with Gasteiger partial charge in [0.2, 0.25) is 0 Å². The molecule has 2 aromatic heterocycles. The monoisotopic (exact) mass is 337 g/mol. The molecule has 0 bridgehead atoms. The summed E-state index contributed by atoms with van der Waals surface area (Å²) in [5.41, 5.74) is 0.759. The van der Waals surface area contributed by atoms with Gasteiger partial charge in [0, 0.05) is 17.3 Å². The minimum absolute atomic E-state index is 0.256. The van der Waals surface area contributed by atoms with Crippen molar-refractivity contribution in [2.75, 3.05) is 6.54 Å². The number of thiophene rings is 1. The number of hydrogen-bond donors (Lipinski definition) is 1. The first kappa shape index (κ1) is 14.1. The number of carbonyl (C=O) groups is 2. The van der Waals surface area contributed by atoms with E-state index >= 15 is 0 Å². The number of aromatic nitrogens is 2. The van der Waals surface area contributed by atoms with Gasteiger partial charge in [-0.3, -0.25) is 19.5 Å². The second-order valence-electron chi connectivity index (χ2n) is 4.06. The number of nitrogens with zero attached hydrogens (tertiary/aromatic N) is 3. The van der Waals surface area contributed by atoms with Crippen LogP contribution < -0.4 is 0 Å². The number of fused-ring (bicyclic) bond motifs is 1. The highest BCUT2D eigenvalue weighted by molar-refractivity contribution is 8.26. The summed E-state index contributed by atoms with van der Waals surface area (Å²) >= 11 is 7.54. The van der Waals surface area contributed by atoms with Crippen LogP contribution in [0, 0.1) is 0 Å². The molecule has 1 N–H and O–H groups in total. The largest absolute Gasteiger partial charge is 0.480 e. The van der Waals surface area contributed by atoms with Crippen LogP contribution in [0.2, 0.25) is 0 Å². The second kappa shape index (κ2) is 5.51. The van der Waals surface area contributed by atoms with Gasteiger partial charge in [-0.15, -0.1) is 11.3 Å². The molecule has 3 rings (SSSR count). The van der Waals surface area contributed by atoms with E-state index in [0.29, 0.717) is 4.91 Å². The van der Waals surface area contributed by atoms with Gasteiger partial charge < -0.3 is 5.11 Å². The van der Waals surface area contributed by atoms with E-state index in [9.17, 15) is 9.59 Å². The molecule has 106 valence electrons. The van der Waals surface area contributed by atoms with Crippen molar-refractivity contribution < 1.29 is 14.7 Å². The van der Waals surface area contributed by atoms with Gasteiger partial charge in [0.1, 0.15) is 21.2 Å². The number of carbonyl (C=O) groups excluding carboxylic acids is 1. The highest BCUT2D eigenvalue weighted by Gasteiger charge is 2.33. The molecule has 1 amide bonds. The Labute approximate surface area is 132 Å². The van der Waals surface area contributed by atoms with E-state index in [1.807, 2.05) is 6.07 Å². The summed E-state index contributed by atoms with van der Waals surface area (Å²) in [4.78, 5) is 34.3. The Morgan fingerprint density at radius 2 is 2.19 bits per heavy atom. The molecule has 1 fully saturated rings. The van der Waals surface area contributed by atoms with Gasteiger partial charge in [0.15, 0.2) is 0 Å². The maximum absolute atomic E-state index is 12.1. The van der Waals surface area contributed by atoms with Crippen molar-refractivity contribution in [3.8, 4) is 0 Å². The molecule has 0 aliphatic carbocycles. The van der Waals surface area contributed by atoms with Crippen LogP contribution in [0.1, 0.15) is 4.88 Å². The van der Waals surface area contributed by atoms with Crippen LogP contribution in [0.3, 0.4) is 0 Å². The van der Waals surface area contributed by atoms with Gasteiger partial charge in [-0.2, -0.15) is 0 Å². The third-order valence-corrected chi connectivity index (χ3v) is 4.98. The van der Waals surface area contributed by atoms with E-state index in [4.69, 9.17) is 17.3 Å². The highest BCUT2D eigenvalue weighted by atomic mass is 32.2. The lowest BCUT2D eigenvalue weighted by atomic mass is 10.3. The fourth-order valence-electron chi connectivity index (χ4n) is 1.76. The third-order valence-electron chi connectivity index (χ3n) is 2.63. The minimum Gasteiger partial charge on any atom is -0.480 e. The number of hydrogen-bond acceptors (Lipinski definition) is 7. The topological polar surface area (TPSA) is 83.4 Å². The predicted molar refractivity (Wildman–Crippen MR) is 84.9 cm³/mol. The maximum Gasteiger partial charge on any atom is 0.323 e. The quantitative estimate of drug-likeness (QED) is 0.677. The number of thiocarbonyl (C=S) groups is 1. The third kappa shape index (κ3) is 2.80. The summed E-state index contributed by atoms with van der Waals surface area (Å²) in [6.07, 6.45) is 4.90. The van der Waals surface area contributed by atoms with Gasteiger partial charge in [0.05, 0.1) is 4.91 Å². The zero-order chi connectivity index (χ0) is 15.0. The minimum atomic E-state index is -1.09. The van der Waals surface area contributed by atoms with E-state index in [0.717, 1.165) is 31.9 Å². The molecule has 3 heterocycles. The van der Waals surface area contributed by atoms with E-state index in [2.05, 4.69) is 9.97 Å². The molecule has 0 aromatic carbocycles. The Kier molecular flexibility index (Phi) is 3.70. The first-order valence-corrected chi connectivity index (χ1v) is 7.76. The molecule has 0 spiro atoms. The summed E-state index contributed by atoms with van der Waals surface area (Å²) in [5.74, 6) is -1.48. The summed E-state index contributed by atoms with van der Waals surface area (Å²) in [6, 6.07) is 1.83. The van der Waals surface area contributed by atoms with Gasteiger partial charge >= 0.3 is 5.97 Å². The Morgan fingerprint density at radius 1 is 1.43 bits per heavy atom. The maximum atomic E-state index is 12.1. The summed E-state index contributed by atoms with van der Waals surface area (Å²) in [5, 5.41) is 8.78. The lowest BCUT2D eigenvalue weighted by Crippen LogP contribution is -2.33. The molecular weight excluding hydrogens is 330 g/mol. The molecular formula is C12H7N3O3S3. The summed E-state index contributed by atoms with van der Waals surface area (Å²) in [7, 11) is 0. The van der Waals surface area contributed by atoms with Crippen LogP contribution in [-0.2, 0) is 9.59 Å². The van der Waals surface area contributed by atoms with Crippen molar-refractivity contribution in [2.24, 2.45) is 0 Å². The van der Waals surface area contributed by atoms with Crippen LogP contribution in [0.4, 0.5) is 0 Å². The summed E-state index contributed by atoms with van der Waals surface area (Å²) in [6.45, 7) is -0.419. The lowest BCUT2D eigenvalue weighted by Gasteiger charge is -2.09. The van der Waals surface area contributed by atoms with Crippen LogP contribution in [0.5, 0.6) is 0 Å². The average molecular weight is 337 g/mol. The Hall–Kier alpha value is -1.84. The molecule has 0 unspecified atom stereocenters. The zero-order valence-corrected chi connectivity index (χ0v) is 12.8. The molecule has 1 saturated heterocycles. The fraction of sp³-hybridized carbons (Fsp3) is 0.0833. The number of aliphatic carboxylic acids is 1. The molecule has 0 atom stereocenters. The van der Waals surface area contributed by atoms with E-state index in [-0.39, 0.29) is 10.2 Å². The SMILES string of the molecule is O=C(O)CN1C(=O)C(=Cc2cc3nccnc3s2)SC1=S. The summed E-state index contributed by atoms with van der Waals surface area (Å²) < 4.78 is 0.256. The lowest BCUT2D eigenvalue weighted by molar-refractivity contribution is -0.140. The van der Waals surface area contributed by atoms with E-state index in [1.165, 1.54) is 11.3 Å². The first-order chi connectivity index (χ1) is 10.0. The van der Waals surface area contributed by atoms with Crippen LogP contribution >= 0.6 is 35.3 Å². The van der Waals surface area contributed by atoms with E-state index < -0.39 is 12.5 Å². The van der Waals surface area contributed by atoms with Crippen molar-refractivity contribution in [3.63, 3.8) is 0 Å². The van der Waals surface area contributed by atoms with Crippen molar-refractivity contribution in [1.82, 2.24) is 14.9 Å². The number of carboxylic acids is 1. The fourth-order valence-corrected chi connectivity index (χ4v) is 3.98. The van der Waals surface area contributed by atoms with E-state index in [1.54, 1.807) is 18.5 Å². The van der Waals surface area contributed by atoms with Crippen molar-refractivity contribution in [3.05, 3.63) is 28.2 Å². The van der Waals surface area contributed by atoms with Crippen molar-refractivity contribution in [1.29, 1.82) is 0 Å². The molecule has 0 radical (unpaired) electrons. The van der Waals surface area contributed by atoms with Gasteiger partial charge in [-0.1, -0.05) is 24.0 Å². The second-order valence-corrected chi connectivity index (χ2v) is 6.80. The Bertz CT molecular complexity index is 766. The number of rotatable bonds is 3. The molecule has 1 aliphatic heterocycles. The number of thioether (sulfide) groups is 1. The molecule has 0 saturated carbocycles. The molecule has 21 heavy (non-hydrogen) atoms. The molecule has 9 heteroatoms. The number of amides is 1. The van der Waals surface area contributed by atoms with Gasteiger partial charge in [-0.25, -0.2) is 4.98 Å². The highest BCUT2D eigenvalue weighted by Crippen LogP contribution is 2.34. The van der Waals surface area contributed by atoms with Gasteiger partial charge in [-0.05, 0) is 12.1 Å². The van der Waals surface area contributed by atoms with Crippen LogP contribution in [-0.4, -0.2) is 42.7 Å². The molecule has 6 nitrogen and oxygen atoms in total. The molecule has 1 aliphatic rings. The normalized spacial score (nSPS) is 17.1. The van der Waals surface area contributed by atoms with Crippen LogP contribution in [0.25, 0.3) is 16.4 Å². The standard InChI is InChI=1S/C12H7N3O3S3/c16-9(17)5-15-11(18)8(21-12(15)19)4-6-3-7-10(20-6)14-2-1-13-7/h1-4H,5H2,(H,16,17). The first-order valence-electron chi connectivity index (χ1n) is 5.72. The molecule has 2 aromatic rings. The Balaban J connectivity index is 1.91. The Morgan fingerprint density at radius 3 is 2.90 bits per heavy atom. The van der Waals surface area contributed by atoms with Gasteiger partial charge in [0.25, 0.3) is 5.91 Å². The predicted octanol–water partition coefficient (Wildman–Crippen LogP) is 1.98. The number of carboxylic acid groups (broad SMARTS) is 1. The smallest absolute Gasteiger partial charge is 0.323 e.